The van der Waals surface area contributed by atoms with Crippen LogP contribution in [-0.2, 0) is 9.16 Å². The number of nitrogens with zero attached hydrogens (tertiary/aromatic N) is 1. The predicted molar refractivity (Wildman–Crippen MR) is 93.5 cm³/mol. The quantitative estimate of drug-likeness (QED) is 0.807. The Morgan fingerprint density at radius 2 is 2.17 bits per heavy atom. The zero-order valence-corrected chi connectivity index (χ0v) is 16.0. The molecule has 2 rings (SSSR count). The van der Waals surface area contributed by atoms with Crippen LogP contribution in [0.25, 0.3) is 0 Å². The number of hydrogen-bond donors (Lipinski definition) is 1. The molecule has 1 aliphatic heterocycles. The van der Waals surface area contributed by atoms with Crippen LogP contribution in [0.2, 0.25) is 13.1 Å². The number of ether oxygens (including phenoxy) is 1. The largest absolute Gasteiger partial charge is 0.414 e. The molecule has 1 aliphatic rings. The van der Waals surface area contributed by atoms with E-state index < -0.39 is 15.1 Å². The van der Waals surface area contributed by atoms with Gasteiger partial charge in [0.25, 0.3) is 0 Å². The Kier molecular flexibility index (Phi) is 6.37. The lowest BCUT2D eigenvalue weighted by molar-refractivity contribution is 0.0175. The second-order valence-corrected chi connectivity index (χ2v) is 9.90. The molecule has 1 aromatic heterocycles. The third kappa shape index (κ3) is 5.38. The maximum absolute atomic E-state index is 10.5. The van der Waals surface area contributed by atoms with Crippen molar-refractivity contribution < 1.29 is 14.3 Å². The van der Waals surface area contributed by atoms with Crippen molar-refractivity contribution >= 4 is 9.04 Å². The van der Waals surface area contributed by atoms with E-state index in [0.29, 0.717) is 6.61 Å². The van der Waals surface area contributed by atoms with Gasteiger partial charge in [0.1, 0.15) is 0 Å². The minimum absolute atomic E-state index is 0.0264. The standard InChI is InChI=1S/C18H30NO3Si/c1-18(2,3)9-8-15(22-23(4)5)16-14(20)12-21-17(16)13-7-6-10-19-11-13/h6-7,10-11,14-17,20H,8-9,12H2,1-5H3/t14-,15?,16+,17-/m0/s1. The lowest BCUT2D eigenvalue weighted by atomic mass is 9.82. The molecule has 0 aliphatic carbocycles. The van der Waals surface area contributed by atoms with Gasteiger partial charge in [-0.1, -0.05) is 26.8 Å². The van der Waals surface area contributed by atoms with Crippen LogP contribution in [0.5, 0.6) is 0 Å². The minimum atomic E-state index is -0.847. The normalized spacial score (nSPS) is 26.7. The highest BCUT2D eigenvalue weighted by molar-refractivity contribution is 6.48. The van der Waals surface area contributed by atoms with Gasteiger partial charge in [-0.15, -0.1) is 0 Å². The van der Waals surface area contributed by atoms with E-state index in [0.717, 1.165) is 18.4 Å². The summed E-state index contributed by atoms with van der Waals surface area (Å²) in [5, 5.41) is 10.5. The van der Waals surface area contributed by atoms with Gasteiger partial charge in [0.15, 0.2) is 0 Å². The van der Waals surface area contributed by atoms with Crippen molar-refractivity contribution in [3.8, 4) is 0 Å². The smallest absolute Gasteiger partial charge is 0.205 e. The topological polar surface area (TPSA) is 51.6 Å². The Morgan fingerprint density at radius 1 is 1.43 bits per heavy atom. The van der Waals surface area contributed by atoms with Crippen molar-refractivity contribution in [2.75, 3.05) is 6.61 Å². The minimum Gasteiger partial charge on any atom is -0.414 e. The van der Waals surface area contributed by atoms with Gasteiger partial charge in [-0.3, -0.25) is 4.98 Å². The summed E-state index contributed by atoms with van der Waals surface area (Å²) in [5.41, 5.74) is 1.28. The van der Waals surface area contributed by atoms with E-state index in [1.807, 2.05) is 18.3 Å². The van der Waals surface area contributed by atoms with Crippen LogP contribution in [0.1, 0.15) is 45.3 Å². The number of hydrogen-bond acceptors (Lipinski definition) is 4. The molecule has 0 aromatic carbocycles. The molecule has 0 bridgehead atoms. The summed E-state index contributed by atoms with van der Waals surface area (Å²) < 4.78 is 12.2. The Balaban J connectivity index is 2.19. The monoisotopic (exact) mass is 336 g/mol. The average Bonchev–Trinajstić information content (AvgIpc) is 2.85. The van der Waals surface area contributed by atoms with Crippen molar-refractivity contribution in [1.29, 1.82) is 0 Å². The zero-order chi connectivity index (χ0) is 17.0. The molecule has 1 N–H and O–H groups in total. The van der Waals surface area contributed by atoms with Crippen LogP contribution in [0.3, 0.4) is 0 Å². The van der Waals surface area contributed by atoms with E-state index in [-0.39, 0.29) is 23.5 Å². The fourth-order valence-electron chi connectivity index (χ4n) is 3.14. The molecule has 0 saturated carbocycles. The molecule has 23 heavy (non-hydrogen) atoms. The molecule has 129 valence electrons. The van der Waals surface area contributed by atoms with Crippen LogP contribution < -0.4 is 0 Å². The second kappa shape index (κ2) is 7.88. The van der Waals surface area contributed by atoms with E-state index >= 15 is 0 Å². The molecule has 0 spiro atoms. The molecular formula is C18H30NO3Si. The predicted octanol–water partition coefficient (Wildman–Crippen LogP) is 3.59. The van der Waals surface area contributed by atoms with Gasteiger partial charge >= 0.3 is 0 Å². The Hall–Kier alpha value is -0.753. The van der Waals surface area contributed by atoms with E-state index in [2.05, 4.69) is 38.8 Å². The van der Waals surface area contributed by atoms with Crippen molar-refractivity contribution in [2.24, 2.45) is 11.3 Å². The molecule has 1 radical (unpaired) electrons. The van der Waals surface area contributed by atoms with Crippen molar-refractivity contribution in [2.45, 2.75) is 65.0 Å². The maximum Gasteiger partial charge on any atom is 0.205 e. The van der Waals surface area contributed by atoms with E-state index in [1.54, 1.807) is 6.20 Å². The number of rotatable bonds is 6. The summed E-state index contributed by atoms with van der Waals surface area (Å²) in [4.78, 5) is 4.20. The summed E-state index contributed by atoms with van der Waals surface area (Å²) in [7, 11) is -0.847. The summed E-state index contributed by atoms with van der Waals surface area (Å²) in [6.07, 6.45) is 5.02. The highest BCUT2D eigenvalue weighted by Crippen LogP contribution is 2.40. The molecule has 1 fully saturated rings. The van der Waals surface area contributed by atoms with Crippen LogP contribution in [-0.4, -0.2) is 37.9 Å². The Morgan fingerprint density at radius 3 is 2.74 bits per heavy atom. The summed E-state index contributed by atoms with van der Waals surface area (Å²) in [6.45, 7) is 11.4. The summed E-state index contributed by atoms with van der Waals surface area (Å²) >= 11 is 0. The third-order valence-electron chi connectivity index (χ3n) is 4.25. The number of aliphatic hydroxyl groups is 1. The lowest BCUT2D eigenvalue weighted by Crippen LogP contribution is -2.37. The molecule has 1 saturated heterocycles. The summed E-state index contributed by atoms with van der Waals surface area (Å²) in [5.74, 6) is -0.0264. The number of pyridine rings is 1. The average molecular weight is 337 g/mol. The highest BCUT2D eigenvalue weighted by Gasteiger charge is 2.43. The molecule has 5 heteroatoms. The van der Waals surface area contributed by atoms with Crippen LogP contribution in [0, 0.1) is 11.3 Å². The van der Waals surface area contributed by atoms with Crippen molar-refractivity contribution in [3.05, 3.63) is 30.1 Å². The first kappa shape index (κ1) is 18.6. The Bertz CT molecular complexity index is 475. The van der Waals surface area contributed by atoms with Crippen molar-refractivity contribution in [1.82, 2.24) is 4.98 Å². The first-order chi connectivity index (χ1) is 10.8. The zero-order valence-electron chi connectivity index (χ0n) is 15.0. The molecule has 4 atom stereocenters. The van der Waals surface area contributed by atoms with Gasteiger partial charge < -0.3 is 14.3 Å². The van der Waals surface area contributed by atoms with Gasteiger partial charge in [-0.2, -0.15) is 0 Å². The molecular weight excluding hydrogens is 306 g/mol. The molecule has 4 nitrogen and oxygen atoms in total. The van der Waals surface area contributed by atoms with Gasteiger partial charge in [0.2, 0.25) is 9.04 Å². The molecule has 1 unspecified atom stereocenters. The first-order valence-electron chi connectivity index (χ1n) is 8.44. The van der Waals surface area contributed by atoms with Gasteiger partial charge in [-0.25, -0.2) is 0 Å². The van der Waals surface area contributed by atoms with Gasteiger partial charge in [0, 0.05) is 18.3 Å². The molecule has 0 amide bonds. The molecule has 2 heterocycles. The highest BCUT2D eigenvalue weighted by atomic mass is 28.3. The van der Waals surface area contributed by atoms with Crippen LogP contribution >= 0.6 is 0 Å². The third-order valence-corrected chi connectivity index (χ3v) is 5.02. The SMILES string of the molecule is C[Si](C)OC(CCC(C)(C)C)[C@H]1[C@@H](O)CO[C@H]1c1cccnc1. The Labute approximate surface area is 142 Å². The fourth-order valence-corrected chi connectivity index (χ4v) is 4.02. The summed E-state index contributed by atoms with van der Waals surface area (Å²) in [6, 6.07) is 3.94. The maximum atomic E-state index is 10.5. The van der Waals surface area contributed by atoms with Gasteiger partial charge in [-0.05, 0) is 43.0 Å². The van der Waals surface area contributed by atoms with E-state index in [1.165, 1.54) is 0 Å². The van der Waals surface area contributed by atoms with E-state index in [9.17, 15) is 5.11 Å². The van der Waals surface area contributed by atoms with Crippen molar-refractivity contribution in [3.63, 3.8) is 0 Å². The van der Waals surface area contributed by atoms with E-state index in [4.69, 9.17) is 9.16 Å². The first-order valence-corrected chi connectivity index (χ1v) is 10.8. The number of aliphatic hydroxyl groups excluding tert-OH is 1. The van der Waals surface area contributed by atoms with Gasteiger partial charge in [0.05, 0.1) is 24.9 Å². The fraction of sp³-hybridized carbons (Fsp3) is 0.722. The number of aromatic nitrogens is 1. The lowest BCUT2D eigenvalue weighted by Gasteiger charge is -2.33. The second-order valence-electron chi connectivity index (χ2n) is 7.85. The van der Waals surface area contributed by atoms with Crippen LogP contribution in [0.15, 0.2) is 24.5 Å². The van der Waals surface area contributed by atoms with Crippen LogP contribution in [0.4, 0.5) is 0 Å². The molecule has 1 aromatic rings.